The van der Waals surface area contributed by atoms with Gasteiger partial charge in [0, 0.05) is 16.1 Å². The molecule has 0 fully saturated rings. The molecule has 0 radical (unpaired) electrons. The zero-order valence-corrected chi connectivity index (χ0v) is 12.1. The Hall–Kier alpha value is -2.57. The lowest BCUT2D eigenvalue weighted by Gasteiger charge is -2.11. The van der Waals surface area contributed by atoms with Crippen molar-refractivity contribution in [3.8, 4) is 6.07 Å². The van der Waals surface area contributed by atoms with Crippen LogP contribution >= 0.6 is 11.6 Å². The van der Waals surface area contributed by atoms with E-state index in [0.717, 1.165) is 22.2 Å². The smallest absolute Gasteiger partial charge is 0.132 e. The first-order chi connectivity index (χ1) is 10.2. The summed E-state index contributed by atoms with van der Waals surface area (Å²) in [6.07, 6.45) is 0. The van der Waals surface area contributed by atoms with Crippen molar-refractivity contribution >= 4 is 34.0 Å². The highest BCUT2D eigenvalue weighted by Gasteiger charge is 2.07. The van der Waals surface area contributed by atoms with E-state index < -0.39 is 0 Å². The van der Waals surface area contributed by atoms with E-state index in [0.29, 0.717) is 16.4 Å². The molecule has 21 heavy (non-hydrogen) atoms. The van der Waals surface area contributed by atoms with Gasteiger partial charge in [0.1, 0.15) is 5.82 Å². The Morgan fingerprint density at radius 1 is 1.14 bits per heavy atom. The van der Waals surface area contributed by atoms with E-state index in [-0.39, 0.29) is 0 Å². The van der Waals surface area contributed by atoms with Crippen LogP contribution in [0.5, 0.6) is 0 Å². The molecule has 1 heterocycles. The highest BCUT2D eigenvalue weighted by molar-refractivity contribution is 6.31. The topological polar surface area (TPSA) is 48.7 Å². The van der Waals surface area contributed by atoms with E-state index in [1.807, 2.05) is 49.4 Å². The fraction of sp³-hybridized carbons (Fsp3) is 0.0588. The quantitative estimate of drug-likeness (QED) is 0.737. The van der Waals surface area contributed by atoms with Crippen LogP contribution in [0, 0.1) is 18.3 Å². The first kappa shape index (κ1) is 13.4. The van der Waals surface area contributed by atoms with Gasteiger partial charge in [-0.1, -0.05) is 35.9 Å². The van der Waals surface area contributed by atoms with Crippen LogP contribution in [-0.2, 0) is 0 Å². The fourth-order valence-corrected chi connectivity index (χ4v) is 2.39. The second kappa shape index (κ2) is 5.43. The first-order valence-corrected chi connectivity index (χ1v) is 6.89. The molecule has 4 heteroatoms. The Labute approximate surface area is 127 Å². The van der Waals surface area contributed by atoms with Gasteiger partial charge in [-0.3, -0.25) is 0 Å². The molecule has 0 aliphatic rings. The van der Waals surface area contributed by atoms with Crippen molar-refractivity contribution in [2.45, 2.75) is 6.92 Å². The van der Waals surface area contributed by atoms with Crippen molar-refractivity contribution in [2.24, 2.45) is 0 Å². The van der Waals surface area contributed by atoms with Crippen molar-refractivity contribution in [3.63, 3.8) is 0 Å². The third kappa shape index (κ3) is 2.54. The van der Waals surface area contributed by atoms with E-state index in [1.54, 1.807) is 6.07 Å². The molecule has 0 amide bonds. The van der Waals surface area contributed by atoms with E-state index >= 15 is 0 Å². The lowest BCUT2D eigenvalue weighted by atomic mass is 10.1. The lowest BCUT2D eigenvalue weighted by Crippen LogP contribution is -1.97. The number of hydrogen-bond acceptors (Lipinski definition) is 3. The summed E-state index contributed by atoms with van der Waals surface area (Å²) in [4.78, 5) is 4.54. The molecular weight excluding hydrogens is 282 g/mol. The SMILES string of the molecule is Cc1c(Cl)cccc1Nc1cc(C#N)c2ccccc2n1. The van der Waals surface area contributed by atoms with Gasteiger partial charge < -0.3 is 5.32 Å². The summed E-state index contributed by atoms with van der Waals surface area (Å²) >= 11 is 6.12. The fourth-order valence-electron chi connectivity index (χ4n) is 2.21. The number of anilines is 2. The maximum atomic E-state index is 9.30. The molecule has 3 aromatic rings. The number of benzene rings is 2. The molecule has 0 spiro atoms. The van der Waals surface area contributed by atoms with Crippen LogP contribution in [0.1, 0.15) is 11.1 Å². The van der Waals surface area contributed by atoms with Gasteiger partial charge in [-0.15, -0.1) is 0 Å². The van der Waals surface area contributed by atoms with Gasteiger partial charge in [-0.25, -0.2) is 4.98 Å². The van der Waals surface area contributed by atoms with Crippen LogP contribution in [-0.4, -0.2) is 4.98 Å². The molecule has 0 aliphatic carbocycles. The standard InChI is InChI=1S/C17H12ClN3/c1-11-14(18)6-4-8-15(11)20-17-9-12(10-19)13-5-2-3-7-16(13)21-17/h2-9H,1H3,(H,20,21). The molecule has 3 rings (SSSR count). The van der Waals surface area contributed by atoms with Crippen molar-refractivity contribution < 1.29 is 0 Å². The van der Waals surface area contributed by atoms with Gasteiger partial charge in [0.15, 0.2) is 0 Å². The Balaban J connectivity index is 2.09. The Bertz CT molecular complexity index is 866. The summed E-state index contributed by atoms with van der Waals surface area (Å²) in [6.45, 7) is 1.94. The number of nitrogens with one attached hydrogen (secondary N) is 1. The molecule has 3 nitrogen and oxygen atoms in total. The van der Waals surface area contributed by atoms with Gasteiger partial charge in [-0.05, 0) is 36.8 Å². The van der Waals surface area contributed by atoms with E-state index in [1.165, 1.54) is 0 Å². The zero-order valence-electron chi connectivity index (χ0n) is 11.4. The molecule has 0 saturated carbocycles. The number of fused-ring (bicyclic) bond motifs is 1. The maximum absolute atomic E-state index is 9.30. The van der Waals surface area contributed by atoms with Gasteiger partial charge in [-0.2, -0.15) is 5.26 Å². The molecule has 0 saturated heterocycles. The normalized spacial score (nSPS) is 10.3. The second-order valence-electron chi connectivity index (χ2n) is 4.72. The number of rotatable bonds is 2. The molecule has 0 aliphatic heterocycles. The summed E-state index contributed by atoms with van der Waals surface area (Å²) in [5.74, 6) is 0.635. The van der Waals surface area contributed by atoms with E-state index in [4.69, 9.17) is 11.6 Å². The van der Waals surface area contributed by atoms with Gasteiger partial charge >= 0.3 is 0 Å². The summed E-state index contributed by atoms with van der Waals surface area (Å²) in [6, 6.07) is 17.2. The summed E-state index contributed by atoms with van der Waals surface area (Å²) in [7, 11) is 0. The number of nitriles is 1. The summed E-state index contributed by atoms with van der Waals surface area (Å²) in [5.41, 5.74) is 3.23. The maximum Gasteiger partial charge on any atom is 0.132 e. The average molecular weight is 294 g/mol. The Kier molecular flexibility index (Phi) is 3.47. The predicted octanol–water partition coefficient (Wildman–Crippen LogP) is 4.81. The second-order valence-corrected chi connectivity index (χ2v) is 5.13. The summed E-state index contributed by atoms with van der Waals surface area (Å²) in [5, 5.41) is 14.1. The number of aromatic nitrogens is 1. The number of pyridine rings is 1. The number of nitrogens with zero attached hydrogens (tertiary/aromatic N) is 2. The van der Waals surface area contributed by atoms with E-state index in [2.05, 4.69) is 16.4 Å². The molecule has 1 N–H and O–H groups in total. The lowest BCUT2D eigenvalue weighted by molar-refractivity contribution is 1.34. The summed E-state index contributed by atoms with van der Waals surface area (Å²) < 4.78 is 0. The molecule has 0 atom stereocenters. The molecule has 2 aromatic carbocycles. The largest absolute Gasteiger partial charge is 0.340 e. The van der Waals surface area contributed by atoms with E-state index in [9.17, 15) is 5.26 Å². The third-order valence-electron chi connectivity index (χ3n) is 3.37. The molecule has 102 valence electrons. The van der Waals surface area contributed by atoms with Crippen molar-refractivity contribution in [1.29, 1.82) is 5.26 Å². The van der Waals surface area contributed by atoms with Crippen LogP contribution in [0.25, 0.3) is 10.9 Å². The number of hydrogen-bond donors (Lipinski definition) is 1. The minimum atomic E-state index is 0.600. The van der Waals surface area contributed by atoms with Crippen LogP contribution in [0.2, 0.25) is 5.02 Å². The first-order valence-electron chi connectivity index (χ1n) is 6.51. The third-order valence-corrected chi connectivity index (χ3v) is 3.78. The van der Waals surface area contributed by atoms with Crippen LogP contribution in [0.4, 0.5) is 11.5 Å². The highest BCUT2D eigenvalue weighted by Crippen LogP contribution is 2.27. The van der Waals surface area contributed by atoms with Crippen LogP contribution < -0.4 is 5.32 Å². The molecule has 0 bridgehead atoms. The van der Waals surface area contributed by atoms with Crippen molar-refractivity contribution in [1.82, 2.24) is 4.98 Å². The van der Waals surface area contributed by atoms with Crippen molar-refractivity contribution in [3.05, 3.63) is 64.7 Å². The van der Waals surface area contributed by atoms with Crippen molar-refractivity contribution in [2.75, 3.05) is 5.32 Å². The molecule has 0 unspecified atom stereocenters. The van der Waals surface area contributed by atoms with Crippen LogP contribution in [0.3, 0.4) is 0 Å². The molecule has 1 aromatic heterocycles. The Morgan fingerprint density at radius 2 is 1.95 bits per heavy atom. The number of para-hydroxylation sites is 1. The van der Waals surface area contributed by atoms with Crippen LogP contribution in [0.15, 0.2) is 48.5 Å². The predicted molar refractivity (Wildman–Crippen MR) is 85.9 cm³/mol. The molecular formula is C17H12ClN3. The van der Waals surface area contributed by atoms with Gasteiger partial charge in [0.25, 0.3) is 0 Å². The highest BCUT2D eigenvalue weighted by atomic mass is 35.5. The van der Waals surface area contributed by atoms with Gasteiger partial charge in [0.05, 0.1) is 17.1 Å². The number of halogens is 1. The minimum Gasteiger partial charge on any atom is -0.340 e. The minimum absolute atomic E-state index is 0.600. The van der Waals surface area contributed by atoms with Gasteiger partial charge in [0.2, 0.25) is 0 Å². The monoisotopic (exact) mass is 293 g/mol. The average Bonchev–Trinajstić information content (AvgIpc) is 2.51. The zero-order chi connectivity index (χ0) is 14.8. The Morgan fingerprint density at radius 3 is 2.76 bits per heavy atom.